The van der Waals surface area contributed by atoms with Crippen LogP contribution in [0.1, 0.15) is 31.4 Å². The zero-order chi connectivity index (χ0) is 13.3. The zero-order valence-corrected chi connectivity index (χ0v) is 12.4. The fourth-order valence-electron chi connectivity index (χ4n) is 2.55. The van der Waals surface area contributed by atoms with Gasteiger partial charge in [0.05, 0.1) is 5.33 Å². The first-order valence-electron chi connectivity index (χ1n) is 6.45. The number of alkyl halides is 1. The molecule has 0 spiro atoms. The Bertz CT molecular complexity index is 561. The van der Waals surface area contributed by atoms with Crippen LogP contribution in [-0.2, 0) is 15.7 Å². The van der Waals surface area contributed by atoms with Gasteiger partial charge in [-0.05, 0) is 31.9 Å². The highest BCUT2D eigenvalue weighted by molar-refractivity contribution is 9.08. The van der Waals surface area contributed by atoms with E-state index in [1.165, 1.54) is 0 Å². The van der Waals surface area contributed by atoms with Gasteiger partial charge in [0.15, 0.2) is 5.82 Å². The van der Waals surface area contributed by atoms with Crippen molar-refractivity contribution in [1.29, 1.82) is 0 Å². The molecule has 1 fully saturated rings. The number of rotatable bonds is 3. The van der Waals surface area contributed by atoms with Gasteiger partial charge in [-0.1, -0.05) is 34.1 Å². The smallest absolute Gasteiger partial charge is 0.169 e. The Morgan fingerprint density at radius 1 is 1.32 bits per heavy atom. The molecule has 0 radical (unpaired) electrons. The summed E-state index contributed by atoms with van der Waals surface area (Å²) in [6.45, 7) is 2.89. The third kappa shape index (κ3) is 2.21. The van der Waals surface area contributed by atoms with Gasteiger partial charge in [0, 0.05) is 12.3 Å². The lowest BCUT2D eigenvalue weighted by atomic mass is 10.0. The molecule has 1 atom stereocenters. The quantitative estimate of drug-likeness (QED) is 0.815. The molecular formula is C14H16BrN3O. The van der Waals surface area contributed by atoms with Gasteiger partial charge in [-0.25, -0.2) is 0 Å². The third-order valence-corrected chi connectivity index (χ3v) is 4.06. The molecular weight excluding hydrogens is 306 g/mol. The molecule has 1 aromatic carbocycles. The molecule has 19 heavy (non-hydrogen) atoms. The molecule has 2 heterocycles. The molecule has 5 heteroatoms. The van der Waals surface area contributed by atoms with Gasteiger partial charge in [0.25, 0.3) is 0 Å². The van der Waals surface area contributed by atoms with Crippen LogP contribution in [0.5, 0.6) is 0 Å². The first kappa shape index (κ1) is 12.8. The molecule has 1 saturated heterocycles. The van der Waals surface area contributed by atoms with Crippen molar-refractivity contribution in [1.82, 2.24) is 14.8 Å². The van der Waals surface area contributed by atoms with Crippen molar-refractivity contribution in [2.24, 2.45) is 0 Å². The average Bonchev–Trinajstić information content (AvgIpc) is 3.06. The van der Waals surface area contributed by atoms with Crippen LogP contribution in [0.4, 0.5) is 0 Å². The monoisotopic (exact) mass is 321 g/mol. The van der Waals surface area contributed by atoms with Crippen LogP contribution in [0.3, 0.4) is 0 Å². The maximum atomic E-state index is 5.91. The van der Waals surface area contributed by atoms with E-state index in [1.54, 1.807) is 0 Å². The number of benzene rings is 1. The predicted octanol–water partition coefficient (Wildman–Crippen LogP) is 3.19. The predicted molar refractivity (Wildman–Crippen MR) is 76.5 cm³/mol. The highest BCUT2D eigenvalue weighted by atomic mass is 79.9. The van der Waals surface area contributed by atoms with Crippen LogP contribution in [0.25, 0.3) is 5.69 Å². The summed E-state index contributed by atoms with van der Waals surface area (Å²) in [5, 5.41) is 9.33. The van der Waals surface area contributed by atoms with Crippen LogP contribution < -0.4 is 0 Å². The van der Waals surface area contributed by atoms with Gasteiger partial charge in [0.1, 0.15) is 11.4 Å². The summed E-state index contributed by atoms with van der Waals surface area (Å²) in [7, 11) is 0. The Morgan fingerprint density at radius 2 is 2.11 bits per heavy atom. The van der Waals surface area contributed by atoms with Crippen molar-refractivity contribution in [3.05, 3.63) is 42.0 Å². The van der Waals surface area contributed by atoms with Crippen molar-refractivity contribution in [3.8, 4) is 5.69 Å². The van der Waals surface area contributed by atoms with E-state index in [4.69, 9.17) is 4.74 Å². The van der Waals surface area contributed by atoms with E-state index in [0.717, 1.165) is 36.8 Å². The molecule has 1 aliphatic rings. The van der Waals surface area contributed by atoms with Crippen molar-refractivity contribution in [3.63, 3.8) is 0 Å². The van der Waals surface area contributed by atoms with Gasteiger partial charge in [-0.15, -0.1) is 10.2 Å². The van der Waals surface area contributed by atoms with E-state index in [1.807, 2.05) is 18.2 Å². The topological polar surface area (TPSA) is 39.9 Å². The largest absolute Gasteiger partial charge is 0.367 e. The summed E-state index contributed by atoms with van der Waals surface area (Å²) in [6, 6.07) is 10.2. The second-order valence-corrected chi connectivity index (χ2v) is 5.49. The first-order valence-corrected chi connectivity index (χ1v) is 7.57. The van der Waals surface area contributed by atoms with Crippen molar-refractivity contribution >= 4 is 15.9 Å². The fraction of sp³-hybridized carbons (Fsp3) is 0.429. The van der Waals surface area contributed by atoms with E-state index in [-0.39, 0.29) is 5.60 Å². The van der Waals surface area contributed by atoms with Gasteiger partial charge in [-0.3, -0.25) is 4.57 Å². The van der Waals surface area contributed by atoms with Crippen molar-refractivity contribution in [2.75, 3.05) is 6.61 Å². The van der Waals surface area contributed by atoms with Gasteiger partial charge in [-0.2, -0.15) is 0 Å². The minimum atomic E-state index is -0.330. The minimum absolute atomic E-state index is 0.330. The summed E-state index contributed by atoms with van der Waals surface area (Å²) in [5.41, 5.74) is 0.747. The molecule has 0 saturated carbocycles. The Kier molecular flexibility index (Phi) is 3.41. The van der Waals surface area contributed by atoms with E-state index in [2.05, 4.69) is 49.8 Å². The van der Waals surface area contributed by atoms with Gasteiger partial charge >= 0.3 is 0 Å². The van der Waals surface area contributed by atoms with Crippen LogP contribution in [-0.4, -0.2) is 21.4 Å². The number of halogens is 1. The van der Waals surface area contributed by atoms with E-state index in [0.29, 0.717) is 5.33 Å². The maximum absolute atomic E-state index is 5.91. The molecule has 2 aromatic rings. The van der Waals surface area contributed by atoms with Crippen molar-refractivity contribution in [2.45, 2.75) is 30.7 Å². The normalized spacial score (nSPS) is 22.8. The molecule has 0 amide bonds. The molecule has 1 aromatic heterocycles. The average molecular weight is 322 g/mol. The van der Waals surface area contributed by atoms with Gasteiger partial charge in [0.2, 0.25) is 0 Å². The lowest BCUT2D eigenvalue weighted by molar-refractivity contribution is 0.00784. The highest BCUT2D eigenvalue weighted by Crippen LogP contribution is 2.36. The number of hydrogen-bond donors (Lipinski definition) is 0. The first-order chi connectivity index (χ1) is 9.24. The fourth-order valence-corrected chi connectivity index (χ4v) is 2.91. The van der Waals surface area contributed by atoms with E-state index >= 15 is 0 Å². The summed E-state index contributed by atoms with van der Waals surface area (Å²) < 4.78 is 8.01. The van der Waals surface area contributed by atoms with Gasteiger partial charge < -0.3 is 4.74 Å². The molecule has 0 aliphatic carbocycles. The molecule has 0 bridgehead atoms. The summed E-state index contributed by atoms with van der Waals surface area (Å²) in [6.07, 6.45) is 2.06. The zero-order valence-electron chi connectivity index (χ0n) is 10.8. The minimum Gasteiger partial charge on any atom is -0.367 e. The molecule has 100 valence electrons. The lowest BCUT2D eigenvalue weighted by Crippen LogP contribution is -2.25. The Hall–Kier alpha value is -1.20. The molecule has 4 nitrogen and oxygen atoms in total. The van der Waals surface area contributed by atoms with E-state index in [9.17, 15) is 0 Å². The SMILES string of the molecule is CC1(c2nnc(CBr)n2-c2ccccc2)CCCO1. The Balaban J connectivity index is 2.14. The maximum Gasteiger partial charge on any atom is 0.169 e. The highest BCUT2D eigenvalue weighted by Gasteiger charge is 2.37. The molecule has 3 rings (SSSR count). The summed E-state index contributed by atoms with van der Waals surface area (Å²) in [5.74, 6) is 1.79. The number of aromatic nitrogens is 3. The molecule has 0 N–H and O–H groups in total. The molecule has 1 aliphatic heterocycles. The third-order valence-electron chi connectivity index (χ3n) is 3.56. The van der Waals surface area contributed by atoms with Crippen LogP contribution in [0.2, 0.25) is 0 Å². The second kappa shape index (κ2) is 5.06. The second-order valence-electron chi connectivity index (χ2n) is 4.93. The van der Waals surface area contributed by atoms with E-state index < -0.39 is 0 Å². The lowest BCUT2D eigenvalue weighted by Gasteiger charge is -2.23. The number of para-hydroxylation sites is 1. The molecule has 1 unspecified atom stereocenters. The Labute approximate surface area is 120 Å². The van der Waals surface area contributed by atoms with Crippen LogP contribution >= 0.6 is 15.9 Å². The van der Waals surface area contributed by atoms with Crippen molar-refractivity contribution < 1.29 is 4.74 Å². The summed E-state index contributed by atoms with van der Waals surface area (Å²) >= 11 is 3.48. The standard InChI is InChI=1S/C14H16BrN3O/c1-14(8-5-9-19-14)13-17-16-12(10-15)18(13)11-6-3-2-4-7-11/h2-4,6-7H,5,8-10H2,1H3. The summed E-state index contributed by atoms with van der Waals surface area (Å²) in [4.78, 5) is 0. The van der Waals surface area contributed by atoms with Crippen LogP contribution in [0.15, 0.2) is 30.3 Å². The van der Waals surface area contributed by atoms with Crippen LogP contribution in [0, 0.1) is 0 Å². The Morgan fingerprint density at radius 3 is 2.74 bits per heavy atom. The number of hydrogen-bond acceptors (Lipinski definition) is 3. The number of nitrogens with zero attached hydrogens (tertiary/aromatic N) is 3. The number of ether oxygens (including phenoxy) is 1.